The lowest BCUT2D eigenvalue weighted by Gasteiger charge is -2.32. The van der Waals surface area contributed by atoms with Crippen LogP contribution in [0.5, 0.6) is 0 Å². The largest absolute Gasteiger partial charge is 0.457 e. The van der Waals surface area contributed by atoms with Crippen LogP contribution in [-0.2, 0) is 18.3 Å². The number of esters is 1. The van der Waals surface area contributed by atoms with Gasteiger partial charge in [-0.3, -0.25) is 9.69 Å². The van der Waals surface area contributed by atoms with Crippen LogP contribution in [0.25, 0.3) is 0 Å². The summed E-state index contributed by atoms with van der Waals surface area (Å²) >= 11 is 0. The van der Waals surface area contributed by atoms with Gasteiger partial charge in [-0.15, -0.1) is 0 Å². The number of piperidine rings is 1. The summed E-state index contributed by atoms with van der Waals surface area (Å²) in [6, 6.07) is 13.2. The van der Waals surface area contributed by atoms with Gasteiger partial charge in [-0.05, 0) is 31.0 Å². The fraction of sp³-hybridized carbons (Fsp3) is 0.368. The fourth-order valence-electron chi connectivity index (χ4n) is 3.03. The molecule has 5 nitrogen and oxygen atoms in total. The minimum atomic E-state index is -0.364. The molecule has 3 rings (SSSR count). The summed E-state index contributed by atoms with van der Waals surface area (Å²) in [5.74, 6) is -0.364. The minimum Gasteiger partial charge on any atom is -0.457 e. The Balaban J connectivity index is 1.59. The number of hydrogen-bond donors (Lipinski definition) is 0. The molecule has 1 aliphatic heterocycles. The Kier molecular flexibility index (Phi) is 5.11. The number of carbonyl (C=O) groups excluding carboxylic acids is 1. The first-order valence-electron chi connectivity index (χ1n) is 8.26. The zero-order chi connectivity index (χ0) is 16.9. The van der Waals surface area contributed by atoms with Crippen LogP contribution in [0.4, 0.5) is 0 Å². The maximum absolute atomic E-state index is 12.3. The van der Waals surface area contributed by atoms with Gasteiger partial charge in [0.15, 0.2) is 0 Å². The van der Waals surface area contributed by atoms with E-state index >= 15 is 0 Å². The summed E-state index contributed by atoms with van der Waals surface area (Å²) < 4.78 is 7.03. The molecule has 0 N–H and O–H groups in total. The molecule has 0 unspecified atom stereocenters. The molecule has 2 aromatic rings. The van der Waals surface area contributed by atoms with Gasteiger partial charge in [0, 0.05) is 32.4 Å². The Labute approximate surface area is 141 Å². The number of likely N-dealkylation sites (tertiary alicyclic amines) is 1. The lowest BCUT2D eigenvalue weighted by Crippen LogP contribution is -2.40. The summed E-state index contributed by atoms with van der Waals surface area (Å²) in [7, 11) is 1.63. The number of carbonyl (C=O) groups is 1. The molecule has 1 aromatic heterocycles. The molecule has 24 heavy (non-hydrogen) atoms. The van der Waals surface area contributed by atoms with E-state index in [1.807, 2.05) is 18.2 Å². The molecule has 0 bridgehead atoms. The molecule has 5 heteroatoms. The molecule has 1 atom stereocenters. The van der Waals surface area contributed by atoms with E-state index in [9.17, 15) is 9.59 Å². The highest BCUT2D eigenvalue weighted by Gasteiger charge is 2.23. The van der Waals surface area contributed by atoms with E-state index < -0.39 is 0 Å². The second-order valence-electron chi connectivity index (χ2n) is 6.26. The van der Waals surface area contributed by atoms with Crippen LogP contribution in [0, 0.1) is 0 Å². The fourth-order valence-corrected chi connectivity index (χ4v) is 3.03. The van der Waals surface area contributed by atoms with Crippen LogP contribution < -0.4 is 5.56 Å². The van der Waals surface area contributed by atoms with E-state index in [-0.39, 0.29) is 17.6 Å². The molecule has 1 fully saturated rings. The van der Waals surface area contributed by atoms with Crippen molar-refractivity contribution in [3.8, 4) is 0 Å². The lowest BCUT2D eigenvalue weighted by atomic mass is 10.1. The molecule has 0 saturated carbocycles. The van der Waals surface area contributed by atoms with Crippen LogP contribution in [0.1, 0.15) is 28.8 Å². The van der Waals surface area contributed by atoms with Gasteiger partial charge in [-0.2, -0.15) is 0 Å². The Morgan fingerprint density at radius 3 is 2.75 bits per heavy atom. The molecule has 0 radical (unpaired) electrons. The average Bonchev–Trinajstić information content (AvgIpc) is 2.58. The number of nitrogens with zero attached hydrogens (tertiary/aromatic N) is 2. The Morgan fingerprint density at radius 2 is 2.00 bits per heavy atom. The second-order valence-corrected chi connectivity index (χ2v) is 6.26. The molecule has 1 saturated heterocycles. The lowest BCUT2D eigenvalue weighted by molar-refractivity contribution is 0.00553. The highest BCUT2D eigenvalue weighted by molar-refractivity contribution is 5.89. The van der Waals surface area contributed by atoms with Crippen molar-refractivity contribution in [3.05, 3.63) is 70.1 Å². The van der Waals surface area contributed by atoms with Gasteiger partial charge in [0.05, 0.1) is 5.56 Å². The first kappa shape index (κ1) is 16.5. The number of aryl methyl sites for hydroxylation is 1. The zero-order valence-corrected chi connectivity index (χ0v) is 13.9. The Hall–Kier alpha value is -2.40. The topological polar surface area (TPSA) is 51.5 Å². The average molecular weight is 326 g/mol. The van der Waals surface area contributed by atoms with Crippen LogP contribution in [-0.4, -0.2) is 34.6 Å². The van der Waals surface area contributed by atoms with Crippen LogP contribution in [0.2, 0.25) is 0 Å². The SMILES string of the molecule is Cn1cc(C(=O)O[C@@H]2CCCN(Cc3ccccc3)C2)ccc1=O. The number of pyridine rings is 1. The summed E-state index contributed by atoms with van der Waals surface area (Å²) in [4.78, 5) is 26.0. The van der Waals surface area contributed by atoms with Gasteiger partial charge in [0.1, 0.15) is 6.10 Å². The van der Waals surface area contributed by atoms with Gasteiger partial charge in [-0.25, -0.2) is 4.79 Å². The molecule has 1 aromatic carbocycles. The predicted octanol–water partition coefficient (Wildman–Crippen LogP) is 2.21. The van der Waals surface area contributed by atoms with Crippen molar-refractivity contribution in [1.29, 1.82) is 0 Å². The van der Waals surface area contributed by atoms with E-state index in [2.05, 4.69) is 17.0 Å². The van der Waals surface area contributed by atoms with Crippen molar-refractivity contribution in [2.45, 2.75) is 25.5 Å². The quantitative estimate of drug-likeness (QED) is 0.809. The number of hydrogen-bond acceptors (Lipinski definition) is 4. The smallest absolute Gasteiger partial charge is 0.339 e. The van der Waals surface area contributed by atoms with Crippen molar-refractivity contribution in [2.24, 2.45) is 7.05 Å². The van der Waals surface area contributed by atoms with E-state index in [1.54, 1.807) is 7.05 Å². The normalized spacial score (nSPS) is 18.3. The maximum Gasteiger partial charge on any atom is 0.339 e. The highest BCUT2D eigenvalue weighted by Crippen LogP contribution is 2.17. The number of rotatable bonds is 4. The summed E-state index contributed by atoms with van der Waals surface area (Å²) in [6.07, 6.45) is 3.31. The predicted molar refractivity (Wildman–Crippen MR) is 91.8 cm³/mol. The molecular weight excluding hydrogens is 304 g/mol. The number of benzene rings is 1. The van der Waals surface area contributed by atoms with Crippen LogP contribution in [0.15, 0.2) is 53.5 Å². The van der Waals surface area contributed by atoms with Crippen LogP contribution >= 0.6 is 0 Å². The van der Waals surface area contributed by atoms with Crippen molar-refractivity contribution >= 4 is 5.97 Å². The van der Waals surface area contributed by atoms with Gasteiger partial charge >= 0.3 is 5.97 Å². The van der Waals surface area contributed by atoms with E-state index in [0.717, 1.165) is 32.5 Å². The summed E-state index contributed by atoms with van der Waals surface area (Å²) in [5.41, 5.74) is 1.54. The van der Waals surface area contributed by atoms with Crippen molar-refractivity contribution < 1.29 is 9.53 Å². The van der Waals surface area contributed by atoms with Crippen molar-refractivity contribution in [2.75, 3.05) is 13.1 Å². The van der Waals surface area contributed by atoms with E-state index in [0.29, 0.717) is 5.56 Å². The molecule has 2 heterocycles. The second kappa shape index (κ2) is 7.45. The van der Waals surface area contributed by atoms with Crippen molar-refractivity contribution in [1.82, 2.24) is 9.47 Å². The van der Waals surface area contributed by atoms with Crippen LogP contribution in [0.3, 0.4) is 0 Å². The van der Waals surface area contributed by atoms with Gasteiger partial charge < -0.3 is 9.30 Å². The first-order valence-corrected chi connectivity index (χ1v) is 8.26. The third-order valence-electron chi connectivity index (χ3n) is 4.31. The maximum atomic E-state index is 12.3. The third kappa shape index (κ3) is 4.11. The minimum absolute atomic E-state index is 0.104. The molecular formula is C19H22N2O3. The Bertz CT molecular complexity index is 755. The monoisotopic (exact) mass is 326 g/mol. The summed E-state index contributed by atoms with van der Waals surface area (Å²) in [5, 5.41) is 0. The molecule has 0 aliphatic carbocycles. The molecule has 126 valence electrons. The molecule has 0 spiro atoms. The van der Waals surface area contributed by atoms with Gasteiger partial charge in [0.25, 0.3) is 0 Å². The zero-order valence-electron chi connectivity index (χ0n) is 13.9. The van der Waals surface area contributed by atoms with Gasteiger partial charge in [-0.1, -0.05) is 30.3 Å². The standard InChI is InChI=1S/C19H22N2O3/c1-20-13-16(9-10-18(20)22)19(23)24-17-8-5-11-21(14-17)12-15-6-3-2-4-7-15/h2-4,6-7,9-10,13,17H,5,8,11-12,14H2,1H3/t17-/m1/s1. The van der Waals surface area contributed by atoms with Crippen molar-refractivity contribution in [3.63, 3.8) is 0 Å². The van der Waals surface area contributed by atoms with E-state index in [4.69, 9.17) is 4.74 Å². The van der Waals surface area contributed by atoms with E-state index in [1.165, 1.54) is 28.5 Å². The number of ether oxygens (including phenoxy) is 1. The van der Waals surface area contributed by atoms with Gasteiger partial charge in [0.2, 0.25) is 5.56 Å². The Morgan fingerprint density at radius 1 is 1.21 bits per heavy atom. The first-order chi connectivity index (χ1) is 11.6. The summed E-state index contributed by atoms with van der Waals surface area (Å²) in [6.45, 7) is 2.63. The third-order valence-corrected chi connectivity index (χ3v) is 4.31. The molecule has 0 amide bonds. The highest BCUT2D eigenvalue weighted by atomic mass is 16.5. The number of aromatic nitrogens is 1. The molecule has 1 aliphatic rings.